The molecule has 9 heteroatoms. The fourth-order valence-corrected chi connectivity index (χ4v) is 3.88. The average molecular weight is 411 g/mol. The van der Waals surface area contributed by atoms with Gasteiger partial charge in [-0.1, -0.05) is 11.6 Å². The monoisotopic (exact) mass is 410 g/mol. The van der Waals surface area contributed by atoms with Crippen LogP contribution in [0.15, 0.2) is 30.6 Å². The van der Waals surface area contributed by atoms with Gasteiger partial charge in [0.25, 0.3) is 5.91 Å². The maximum Gasteiger partial charge on any atom is 0.255 e. The van der Waals surface area contributed by atoms with Gasteiger partial charge in [0.15, 0.2) is 5.65 Å². The number of ether oxygens (including phenoxy) is 1. The van der Waals surface area contributed by atoms with Crippen LogP contribution in [0.5, 0.6) is 0 Å². The quantitative estimate of drug-likeness (QED) is 0.541. The van der Waals surface area contributed by atoms with Crippen LogP contribution in [0.2, 0.25) is 5.02 Å². The Morgan fingerprint density at radius 3 is 3.14 bits per heavy atom. The van der Waals surface area contributed by atoms with E-state index in [1.165, 1.54) is 0 Å². The van der Waals surface area contributed by atoms with E-state index in [0.29, 0.717) is 39.7 Å². The Morgan fingerprint density at radius 2 is 2.31 bits per heavy atom. The first kappa shape index (κ1) is 18.1. The number of aromatic amines is 1. The van der Waals surface area contributed by atoms with Crippen molar-refractivity contribution in [3.63, 3.8) is 0 Å². The molecule has 1 saturated heterocycles. The van der Waals surface area contributed by atoms with Crippen LogP contribution in [0, 0.1) is 0 Å². The van der Waals surface area contributed by atoms with Crippen LogP contribution < -0.4 is 5.32 Å². The van der Waals surface area contributed by atoms with E-state index >= 15 is 0 Å². The lowest BCUT2D eigenvalue weighted by Gasteiger charge is -2.22. The first-order valence-electron chi connectivity index (χ1n) is 9.45. The highest BCUT2D eigenvalue weighted by Gasteiger charge is 2.21. The van der Waals surface area contributed by atoms with Gasteiger partial charge in [-0.2, -0.15) is 5.10 Å². The number of aryl methyl sites for hydroxylation is 1. The van der Waals surface area contributed by atoms with Crippen molar-refractivity contribution in [1.29, 1.82) is 0 Å². The smallest absolute Gasteiger partial charge is 0.255 e. The minimum absolute atomic E-state index is 0.0156. The number of halogens is 1. The van der Waals surface area contributed by atoms with Crippen molar-refractivity contribution in [3.05, 3.63) is 41.2 Å². The fraction of sp³-hybridized carbons (Fsp3) is 0.300. The number of H-pyrrole nitrogens is 1. The van der Waals surface area contributed by atoms with Crippen LogP contribution >= 0.6 is 11.6 Å². The summed E-state index contributed by atoms with van der Waals surface area (Å²) >= 11 is 6.12. The van der Waals surface area contributed by atoms with Crippen LogP contribution in [-0.2, 0) is 11.8 Å². The topological polar surface area (TPSA) is 97.7 Å². The van der Waals surface area contributed by atoms with Crippen molar-refractivity contribution in [2.75, 3.05) is 13.2 Å². The Bertz CT molecular complexity index is 1220. The van der Waals surface area contributed by atoms with Gasteiger partial charge in [0.05, 0.1) is 29.9 Å². The van der Waals surface area contributed by atoms with Crippen LogP contribution in [0.3, 0.4) is 0 Å². The normalized spacial score (nSPS) is 17.1. The minimum Gasteiger partial charge on any atom is -0.379 e. The summed E-state index contributed by atoms with van der Waals surface area (Å²) in [5.41, 5.74) is 3.73. The lowest BCUT2D eigenvalue weighted by atomic mass is 10.1. The number of nitrogens with zero attached hydrogens (tertiary/aromatic N) is 4. The van der Waals surface area contributed by atoms with Gasteiger partial charge in [-0.25, -0.2) is 9.97 Å². The Balaban J connectivity index is 1.54. The maximum atomic E-state index is 12.8. The van der Waals surface area contributed by atoms with E-state index in [1.807, 2.05) is 25.2 Å². The number of fused-ring (bicyclic) bond motifs is 2. The molecule has 4 heterocycles. The molecule has 148 valence electrons. The second-order valence-corrected chi connectivity index (χ2v) is 7.61. The number of hydrogen-bond donors (Lipinski definition) is 2. The van der Waals surface area contributed by atoms with E-state index in [-0.39, 0.29) is 11.9 Å². The molecule has 0 spiro atoms. The molecule has 29 heavy (non-hydrogen) atoms. The SMILES string of the molecule is Cn1nc(-c2cnc3[nH]cc(C(=O)N[C@@H]4CCCOC4)c3n2)c2ccc(Cl)cc21. The van der Waals surface area contributed by atoms with Gasteiger partial charge in [0.2, 0.25) is 0 Å². The highest BCUT2D eigenvalue weighted by molar-refractivity contribution is 6.31. The minimum atomic E-state index is -0.184. The molecule has 0 unspecified atom stereocenters. The molecule has 2 N–H and O–H groups in total. The van der Waals surface area contributed by atoms with Gasteiger partial charge in [0.1, 0.15) is 16.9 Å². The van der Waals surface area contributed by atoms with E-state index in [1.54, 1.807) is 17.1 Å². The molecule has 1 amide bonds. The first-order chi connectivity index (χ1) is 14.1. The van der Waals surface area contributed by atoms with Gasteiger partial charge >= 0.3 is 0 Å². The number of benzene rings is 1. The van der Waals surface area contributed by atoms with E-state index in [9.17, 15) is 4.79 Å². The van der Waals surface area contributed by atoms with Crippen LogP contribution in [0.25, 0.3) is 33.5 Å². The molecule has 1 fully saturated rings. The third-order valence-corrected chi connectivity index (χ3v) is 5.41. The van der Waals surface area contributed by atoms with E-state index in [4.69, 9.17) is 21.3 Å². The molecule has 4 aromatic rings. The van der Waals surface area contributed by atoms with Crippen LogP contribution in [0.4, 0.5) is 0 Å². The standard InChI is InChI=1S/C20H19ClN6O2/c1-27-16-7-11(21)4-5-13(16)17(26-27)15-9-23-19-18(25-15)14(8-22-19)20(28)24-12-3-2-6-29-10-12/h4-5,7-9,12H,2-3,6,10H2,1H3,(H,22,23)(H,24,28)/t12-/m1/s1. The lowest BCUT2D eigenvalue weighted by molar-refractivity contribution is 0.0625. The lowest BCUT2D eigenvalue weighted by Crippen LogP contribution is -2.40. The van der Waals surface area contributed by atoms with E-state index in [0.717, 1.165) is 30.4 Å². The molecular formula is C20H19ClN6O2. The van der Waals surface area contributed by atoms with Gasteiger partial charge < -0.3 is 15.0 Å². The van der Waals surface area contributed by atoms with E-state index < -0.39 is 0 Å². The van der Waals surface area contributed by atoms with Crippen LogP contribution in [0.1, 0.15) is 23.2 Å². The first-order valence-corrected chi connectivity index (χ1v) is 9.83. The molecule has 1 aliphatic heterocycles. The molecule has 0 bridgehead atoms. The molecule has 0 saturated carbocycles. The molecular weight excluding hydrogens is 392 g/mol. The Kier molecular flexibility index (Phi) is 4.44. The number of aromatic nitrogens is 5. The summed E-state index contributed by atoms with van der Waals surface area (Å²) in [5, 5.41) is 9.18. The highest BCUT2D eigenvalue weighted by Crippen LogP contribution is 2.29. The largest absolute Gasteiger partial charge is 0.379 e. The van der Waals surface area contributed by atoms with Crippen LogP contribution in [-0.4, -0.2) is 49.9 Å². The number of carbonyl (C=O) groups is 1. The second kappa shape index (κ2) is 7.13. The van der Waals surface area contributed by atoms with Crippen molar-refractivity contribution in [2.24, 2.45) is 7.05 Å². The fourth-order valence-electron chi connectivity index (χ4n) is 3.72. The summed E-state index contributed by atoms with van der Waals surface area (Å²) < 4.78 is 7.21. The van der Waals surface area contributed by atoms with Gasteiger partial charge in [-0.05, 0) is 31.0 Å². The third-order valence-electron chi connectivity index (χ3n) is 5.18. The zero-order chi connectivity index (χ0) is 20.0. The number of amides is 1. The number of hydrogen-bond acceptors (Lipinski definition) is 5. The van der Waals surface area contributed by atoms with Gasteiger partial charge in [0, 0.05) is 30.3 Å². The van der Waals surface area contributed by atoms with Crippen molar-refractivity contribution < 1.29 is 9.53 Å². The molecule has 1 aliphatic rings. The summed E-state index contributed by atoms with van der Waals surface area (Å²) in [4.78, 5) is 25.0. The van der Waals surface area contributed by atoms with Gasteiger partial charge in [-0.15, -0.1) is 0 Å². The molecule has 5 rings (SSSR count). The molecule has 8 nitrogen and oxygen atoms in total. The average Bonchev–Trinajstić information content (AvgIpc) is 3.29. The predicted octanol–water partition coefficient (Wildman–Crippen LogP) is 3.07. The Morgan fingerprint density at radius 1 is 1.41 bits per heavy atom. The van der Waals surface area contributed by atoms with Crippen molar-refractivity contribution in [3.8, 4) is 11.4 Å². The predicted molar refractivity (Wildman–Crippen MR) is 110 cm³/mol. The highest BCUT2D eigenvalue weighted by atomic mass is 35.5. The summed E-state index contributed by atoms with van der Waals surface area (Å²) in [6, 6.07) is 5.62. The Labute approximate surface area is 171 Å². The zero-order valence-electron chi connectivity index (χ0n) is 15.8. The van der Waals surface area contributed by atoms with E-state index in [2.05, 4.69) is 20.4 Å². The van der Waals surface area contributed by atoms with Crippen molar-refractivity contribution in [2.45, 2.75) is 18.9 Å². The third kappa shape index (κ3) is 3.24. The summed E-state index contributed by atoms with van der Waals surface area (Å²) in [7, 11) is 1.86. The molecule has 1 aromatic carbocycles. The summed E-state index contributed by atoms with van der Waals surface area (Å²) in [5.74, 6) is -0.184. The van der Waals surface area contributed by atoms with Crippen molar-refractivity contribution in [1.82, 2.24) is 30.0 Å². The van der Waals surface area contributed by atoms with Gasteiger partial charge in [-0.3, -0.25) is 9.48 Å². The molecule has 0 aliphatic carbocycles. The number of carbonyl (C=O) groups excluding carboxylic acids is 1. The zero-order valence-corrected chi connectivity index (χ0v) is 16.5. The molecule has 3 aromatic heterocycles. The molecule has 0 radical (unpaired) electrons. The Hall–Kier alpha value is -2.97. The number of nitrogens with one attached hydrogen (secondary N) is 2. The summed E-state index contributed by atoms with van der Waals surface area (Å²) in [6.07, 6.45) is 5.16. The summed E-state index contributed by atoms with van der Waals surface area (Å²) in [6.45, 7) is 1.28. The number of rotatable bonds is 3. The second-order valence-electron chi connectivity index (χ2n) is 7.18. The maximum absolute atomic E-state index is 12.8. The van der Waals surface area contributed by atoms with Crippen molar-refractivity contribution >= 4 is 39.6 Å². The molecule has 1 atom stereocenters.